The van der Waals surface area contributed by atoms with Crippen LogP contribution in [0.1, 0.15) is 44.1 Å². The molecule has 0 amide bonds. The molecule has 1 atom stereocenters. The molecule has 0 spiro atoms. The van der Waals surface area contributed by atoms with Gasteiger partial charge in [0, 0.05) is 0 Å². The summed E-state index contributed by atoms with van der Waals surface area (Å²) in [7, 11) is 0. The summed E-state index contributed by atoms with van der Waals surface area (Å²) >= 11 is 0. The Hall–Kier alpha value is -0.820. The number of hydrogen-bond acceptors (Lipinski definition) is 1. The molecule has 1 nitrogen and oxygen atoms in total. The molecule has 0 radical (unpaired) electrons. The van der Waals surface area contributed by atoms with E-state index in [4.69, 9.17) is 0 Å². The van der Waals surface area contributed by atoms with E-state index < -0.39 is 0 Å². The lowest BCUT2D eigenvalue weighted by atomic mass is 9.89. The Labute approximate surface area is 99.5 Å². The summed E-state index contributed by atoms with van der Waals surface area (Å²) in [5.74, 6) is 0.788. The predicted molar refractivity (Wildman–Crippen MR) is 69.8 cm³/mol. The SMILES string of the molecule is CCN1CCCCC(c2ccccc2)CC1. The fraction of sp³-hybridized carbons (Fsp3) is 0.600. The Balaban J connectivity index is 1.99. The maximum absolute atomic E-state index is 2.59. The van der Waals surface area contributed by atoms with E-state index >= 15 is 0 Å². The Bertz CT molecular complexity index is 294. The first-order valence-corrected chi connectivity index (χ1v) is 6.67. The molecule has 1 heterocycles. The molecular formula is C15H23N. The zero-order valence-electron chi connectivity index (χ0n) is 10.4. The van der Waals surface area contributed by atoms with Crippen LogP contribution in [0, 0.1) is 0 Å². The van der Waals surface area contributed by atoms with E-state index in [1.807, 2.05) is 0 Å². The van der Waals surface area contributed by atoms with Crippen LogP contribution in [0.5, 0.6) is 0 Å². The highest BCUT2D eigenvalue weighted by molar-refractivity contribution is 5.19. The van der Waals surface area contributed by atoms with Crippen LogP contribution in [0.15, 0.2) is 30.3 Å². The van der Waals surface area contributed by atoms with Crippen molar-refractivity contribution in [3.05, 3.63) is 35.9 Å². The Morgan fingerprint density at radius 3 is 2.62 bits per heavy atom. The molecule has 0 bridgehead atoms. The Morgan fingerprint density at radius 1 is 1.06 bits per heavy atom. The molecule has 1 heteroatoms. The van der Waals surface area contributed by atoms with E-state index in [0.717, 1.165) is 5.92 Å². The average Bonchev–Trinajstić information content (AvgIpc) is 2.30. The minimum Gasteiger partial charge on any atom is -0.304 e. The van der Waals surface area contributed by atoms with Gasteiger partial charge in [0.2, 0.25) is 0 Å². The highest BCUT2D eigenvalue weighted by atomic mass is 15.1. The number of likely N-dealkylation sites (tertiary alicyclic amines) is 1. The van der Waals surface area contributed by atoms with Crippen molar-refractivity contribution in [1.29, 1.82) is 0 Å². The third kappa shape index (κ3) is 3.08. The number of rotatable bonds is 2. The van der Waals surface area contributed by atoms with Gasteiger partial charge in [-0.15, -0.1) is 0 Å². The van der Waals surface area contributed by atoms with Crippen molar-refractivity contribution < 1.29 is 0 Å². The molecule has 2 rings (SSSR count). The average molecular weight is 217 g/mol. The first kappa shape index (κ1) is 11.7. The minimum absolute atomic E-state index is 0.788. The van der Waals surface area contributed by atoms with E-state index in [0.29, 0.717) is 0 Å². The van der Waals surface area contributed by atoms with E-state index in [2.05, 4.69) is 42.2 Å². The summed E-state index contributed by atoms with van der Waals surface area (Å²) in [6.07, 6.45) is 5.46. The lowest BCUT2D eigenvalue weighted by Crippen LogP contribution is -2.28. The molecule has 88 valence electrons. The first-order chi connectivity index (χ1) is 7.90. The normalized spacial score (nSPS) is 23.7. The molecule has 0 aliphatic carbocycles. The number of nitrogens with zero attached hydrogens (tertiary/aromatic N) is 1. The molecule has 1 fully saturated rings. The first-order valence-electron chi connectivity index (χ1n) is 6.67. The second-order valence-corrected chi connectivity index (χ2v) is 4.83. The van der Waals surface area contributed by atoms with Crippen LogP contribution in [-0.4, -0.2) is 24.5 Å². The minimum atomic E-state index is 0.788. The summed E-state index contributed by atoms with van der Waals surface area (Å²) in [5.41, 5.74) is 1.54. The summed E-state index contributed by atoms with van der Waals surface area (Å²) in [6.45, 7) is 6.06. The maximum Gasteiger partial charge on any atom is -0.00130 e. The third-order valence-corrected chi connectivity index (χ3v) is 3.79. The van der Waals surface area contributed by atoms with E-state index in [1.165, 1.54) is 45.3 Å². The third-order valence-electron chi connectivity index (χ3n) is 3.79. The van der Waals surface area contributed by atoms with E-state index in [-0.39, 0.29) is 0 Å². The van der Waals surface area contributed by atoms with Crippen molar-refractivity contribution in [2.24, 2.45) is 0 Å². The van der Waals surface area contributed by atoms with E-state index in [1.54, 1.807) is 5.56 Å². The molecule has 0 aromatic heterocycles. The van der Waals surface area contributed by atoms with Crippen LogP contribution in [0.3, 0.4) is 0 Å². The molecule has 1 saturated heterocycles. The molecule has 1 aromatic carbocycles. The number of benzene rings is 1. The van der Waals surface area contributed by atoms with Crippen LogP contribution in [0.2, 0.25) is 0 Å². The van der Waals surface area contributed by atoms with Crippen molar-refractivity contribution in [3.63, 3.8) is 0 Å². The van der Waals surface area contributed by atoms with Gasteiger partial charge in [-0.2, -0.15) is 0 Å². The summed E-state index contributed by atoms with van der Waals surface area (Å²) < 4.78 is 0. The molecule has 1 aliphatic rings. The van der Waals surface area contributed by atoms with Gasteiger partial charge in [-0.1, -0.05) is 43.7 Å². The summed E-state index contributed by atoms with van der Waals surface area (Å²) in [5, 5.41) is 0. The van der Waals surface area contributed by atoms with Gasteiger partial charge >= 0.3 is 0 Å². The van der Waals surface area contributed by atoms with Crippen molar-refractivity contribution in [1.82, 2.24) is 4.90 Å². The van der Waals surface area contributed by atoms with Crippen molar-refractivity contribution in [2.75, 3.05) is 19.6 Å². The standard InChI is InChI=1S/C15H23N/c1-2-16-12-7-6-10-15(11-13-16)14-8-4-3-5-9-14/h3-5,8-9,15H,2,6-7,10-13H2,1H3. The van der Waals surface area contributed by atoms with Crippen molar-refractivity contribution in [3.8, 4) is 0 Å². The fourth-order valence-electron chi connectivity index (χ4n) is 2.70. The maximum atomic E-state index is 2.59. The van der Waals surface area contributed by atoms with Crippen LogP contribution >= 0.6 is 0 Å². The van der Waals surface area contributed by atoms with Gasteiger partial charge in [-0.05, 0) is 50.4 Å². The number of hydrogen-bond donors (Lipinski definition) is 0. The van der Waals surface area contributed by atoms with Gasteiger partial charge in [-0.25, -0.2) is 0 Å². The highest BCUT2D eigenvalue weighted by Crippen LogP contribution is 2.27. The lowest BCUT2D eigenvalue weighted by molar-refractivity contribution is 0.249. The van der Waals surface area contributed by atoms with E-state index in [9.17, 15) is 0 Å². The highest BCUT2D eigenvalue weighted by Gasteiger charge is 2.15. The topological polar surface area (TPSA) is 3.24 Å². The fourth-order valence-corrected chi connectivity index (χ4v) is 2.70. The van der Waals surface area contributed by atoms with Gasteiger partial charge in [-0.3, -0.25) is 0 Å². The van der Waals surface area contributed by atoms with Crippen molar-refractivity contribution >= 4 is 0 Å². The summed E-state index contributed by atoms with van der Waals surface area (Å²) in [4.78, 5) is 2.59. The Morgan fingerprint density at radius 2 is 1.88 bits per heavy atom. The van der Waals surface area contributed by atoms with Gasteiger partial charge in [0.05, 0.1) is 0 Å². The molecule has 1 aromatic rings. The van der Waals surface area contributed by atoms with Gasteiger partial charge in [0.1, 0.15) is 0 Å². The summed E-state index contributed by atoms with van der Waals surface area (Å²) in [6, 6.07) is 11.0. The zero-order chi connectivity index (χ0) is 11.2. The molecule has 0 N–H and O–H groups in total. The lowest BCUT2D eigenvalue weighted by Gasteiger charge is -2.27. The van der Waals surface area contributed by atoms with Crippen LogP contribution < -0.4 is 0 Å². The quantitative estimate of drug-likeness (QED) is 0.730. The van der Waals surface area contributed by atoms with Crippen LogP contribution in [0.25, 0.3) is 0 Å². The predicted octanol–water partition coefficient (Wildman–Crippen LogP) is 3.67. The largest absolute Gasteiger partial charge is 0.304 e. The smallest absolute Gasteiger partial charge is 0.00130 e. The molecule has 1 unspecified atom stereocenters. The second-order valence-electron chi connectivity index (χ2n) is 4.83. The van der Waals surface area contributed by atoms with Crippen LogP contribution in [-0.2, 0) is 0 Å². The molecular weight excluding hydrogens is 194 g/mol. The monoisotopic (exact) mass is 217 g/mol. The van der Waals surface area contributed by atoms with Crippen molar-refractivity contribution in [2.45, 2.75) is 38.5 Å². The Kier molecular flexibility index (Phi) is 4.41. The molecule has 1 aliphatic heterocycles. The van der Waals surface area contributed by atoms with Gasteiger partial charge in [0.25, 0.3) is 0 Å². The molecule has 0 saturated carbocycles. The second kappa shape index (κ2) is 6.05. The molecule has 16 heavy (non-hydrogen) atoms. The van der Waals surface area contributed by atoms with Gasteiger partial charge in [0.15, 0.2) is 0 Å². The van der Waals surface area contributed by atoms with Gasteiger partial charge < -0.3 is 4.90 Å². The van der Waals surface area contributed by atoms with Crippen LogP contribution in [0.4, 0.5) is 0 Å². The zero-order valence-corrected chi connectivity index (χ0v) is 10.4.